The van der Waals surface area contributed by atoms with Gasteiger partial charge in [0.05, 0.1) is 24.8 Å². The minimum absolute atomic E-state index is 0. The molecule has 3 rings (SSSR count). The van der Waals surface area contributed by atoms with E-state index in [-0.39, 0.29) is 58.9 Å². The van der Waals surface area contributed by atoms with Gasteiger partial charge in [-0.25, -0.2) is 0 Å². The number of rotatable bonds is 6. The predicted molar refractivity (Wildman–Crippen MR) is 91.1 cm³/mol. The van der Waals surface area contributed by atoms with E-state index >= 15 is 0 Å². The van der Waals surface area contributed by atoms with E-state index in [1.807, 2.05) is 13.8 Å². The third kappa shape index (κ3) is 7.07. The fourth-order valence-corrected chi connectivity index (χ4v) is 2.85. The Balaban J connectivity index is 0.00000169. The summed E-state index contributed by atoms with van der Waals surface area (Å²) in [6.07, 6.45) is 15.4. The molecular formula is C16H26BKN4O3. The average molecular weight is 372 g/mol. The summed E-state index contributed by atoms with van der Waals surface area (Å²) < 4.78 is 17.5. The number of aryl methyl sites for hydroxylation is 2. The minimum atomic E-state index is -0.895. The van der Waals surface area contributed by atoms with Crippen molar-refractivity contribution in [3.8, 4) is 0 Å². The monoisotopic (exact) mass is 372 g/mol. The molecule has 1 aliphatic carbocycles. The summed E-state index contributed by atoms with van der Waals surface area (Å²) >= 11 is 0. The molecular weight excluding hydrogens is 346 g/mol. The Bertz CT molecular complexity index is 592. The molecule has 25 heavy (non-hydrogen) atoms. The average Bonchev–Trinajstić information content (AvgIpc) is 3.10. The molecule has 9 heteroatoms. The van der Waals surface area contributed by atoms with Crippen molar-refractivity contribution in [3.05, 3.63) is 35.9 Å². The zero-order chi connectivity index (χ0) is 16.8. The Kier molecular flexibility index (Phi) is 9.02. The van der Waals surface area contributed by atoms with Gasteiger partial charge in [-0.2, -0.15) is 0 Å². The van der Waals surface area contributed by atoms with Gasteiger partial charge in [0.25, 0.3) is 0 Å². The standard InChI is InChI=1S/C16H25BN4O3.K.H/c1-14-10-18-20(12-14)23-17(24-21-13-15(2)11-19-21)22-16-8-6-4-3-5-7-9-16;;/h10-13,16H,3-9H2,1-2H3;;/q;+1;-1. The first-order valence-electron chi connectivity index (χ1n) is 8.71. The summed E-state index contributed by atoms with van der Waals surface area (Å²) in [5.41, 5.74) is 2.02. The zero-order valence-electron chi connectivity index (χ0n) is 16.4. The van der Waals surface area contributed by atoms with Crippen LogP contribution in [0.1, 0.15) is 57.5 Å². The Hall–Kier alpha value is -0.319. The number of aromatic nitrogens is 4. The molecule has 1 fully saturated rings. The normalized spacial score (nSPS) is 15.8. The van der Waals surface area contributed by atoms with Crippen LogP contribution in [0.4, 0.5) is 0 Å². The van der Waals surface area contributed by atoms with E-state index in [0.29, 0.717) is 0 Å². The molecule has 7 nitrogen and oxygen atoms in total. The Labute approximate surface area is 193 Å². The van der Waals surface area contributed by atoms with Gasteiger partial charge in [-0.05, 0) is 37.8 Å². The van der Waals surface area contributed by atoms with Gasteiger partial charge in [-0.3, -0.25) is 0 Å². The van der Waals surface area contributed by atoms with Crippen molar-refractivity contribution in [2.24, 2.45) is 0 Å². The quantitative estimate of drug-likeness (QED) is 0.639. The van der Waals surface area contributed by atoms with E-state index in [9.17, 15) is 0 Å². The van der Waals surface area contributed by atoms with Crippen molar-refractivity contribution >= 4 is 7.32 Å². The summed E-state index contributed by atoms with van der Waals surface area (Å²) in [7, 11) is -0.895. The Morgan fingerprint density at radius 2 is 1.40 bits per heavy atom. The van der Waals surface area contributed by atoms with Gasteiger partial charge in [0, 0.05) is 6.10 Å². The first-order chi connectivity index (χ1) is 11.7. The molecule has 1 aliphatic rings. The molecule has 0 spiro atoms. The molecule has 0 N–H and O–H groups in total. The largest absolute Gasteiger partial charge is 1.00 e. The minimum Gasteiger partial charge on any atom is -1.00 e. The molecule has 1 saturated carbocycles. The summed E-state index contributed by atoms with van der Waals surface area (Å²) in [6.45, 7) is 3.91. The molecule has 132 valence electrons. The van der Waals surface area contributed by atoms with Crippen LogP contribution < -0.4 is 60.9 Å². The van der Waals surface area contributed by atoms with E-state index in [1.54, 1.807) is 24.8 Å². The number of hydrogen-bond acceptors (Lipinski definition) is 5. The number of hydrogen-bond donors (Lipinski definition) is 0. The van der Waals surface area contributed by atoms with E-state index < -0.39 is 7.32 Å². The van der Waals surface area contributed by atoms with Crippen molar-refractivity contribution < 1.29 is 67.0 Å². The molecule has 2 heterocycles. The van der Waals surface area contributed by atoms with Crippen LogP contribution in [0, 0.1) is 13.8 Å². The molecule has 2 aromatic heterocycles. The summed E-state index contributed by atoms with van der Waals surface area (Å²) in [6, 6.07) is 0. The molecule has 0 aromatic carbocycles. The molecule has 0 saturated heterocycles. The van der Waals surface area contributed by atoms with Gasteiger partial charge in [-0.1, -0.05) is 32.1 Å². The van der Waals surface area contributed by atoms with Crippen molar-refractivity contribution in [3.63, 3.8) is 0 Å². The van der Waals surface area contributed by atoms with Crippen LogP contribution in [-0.4, -0.2) is 33.3 Å². The molecule has 0 radical (unpaired) electrons. The van der Waals surface area contributed by atoms with Gasteiger partial charge in [0.2, 0.25) is 0 Å². The van der Waals surface area contributed by atoms with Crippen LogP contribution in [0.15, 0.2) is 24.8 Å². The van der Waals surface area contributed by atoms with Crippen molar-refractivity contribution in [1.82, 2.24) is 19.9 Å². The molecule has 0 amide bonds. The fourth-order valence-electron chi connectivity index (χ4n) is 2.85. The van der Waals surface area contributed by atoms with Gasteiger partial charge in [0.15, 0.2) is 0 Å². The summed E-state index contributed by atoms with van der Waals surface area (Å²) in [5.74, 6) is 0. The molecule has 0 bridgehead atoms. The molecule has 0 unspecified atom stereocenters. The van der Waals surface area contributed by atoms with Crippen LogP contribution >= 0.6 is 0 Å². The van der Waals surface area contributed by atoms with E-state index in [2.05, 4.69) is 10.2 Å². The zero-order valence-corrected chi connectivity index (χ0v) is 18.6. The Morgan fingerprint density at radius 1 is 0.920 bits per heavy atom. The van der Waals surface area contributed by atoms with Crippen LogP contribution in [0.25, 0.3) is 0 Å². The van der Waals surface area contributed by atoms with Gasteiger partial charge >= 0.3 is 58.7 Å². The maximum atomic E-state index is 6.09. The van der Waals surface area contributed by atoms with E-state index in [0.717, 1.165) is 24.0 Å². The summed E-state index contributed by atoms with van der Waals surface area (Å²) in [5, 5.41) is 8.27. The van der Waals surface area contributed by atoms with Crippen molar-refractivity contribution in [2.75, 3.05) is 0 Å². The van der Waals surface area contributed by atoms with Crippen LogP contribution in [0.3, 0.4) is 0 Å². The third-order valence-corrected chi connectivity index (χ3v) is 4.12. The maximum absolute atomic E-state index is 6.09. The topological polar surface area (TPSA) is 63.3 Å². The number of nitrogens with zero attached hydrogens (tertiary/aromatic N) is 4. The SMILES string of the molecule is Cc1cnn(OB(OC2CCCCCCC2)On2cc(C)cn2)c1.[H-].[K+]. The maximum Gasteiger partial charge on any atom is 1.00 e. The van der Waals surface area contributed by atoms with Crippen molar-refractivity contribution in [1.29, 1.82) is 0 Å². The van der Waals surface area contributed by atoms with Gasteiger partial charge in [0.1, 0.15) is 0 Å². The fraction of sp³-hybridized carbons (Fsp3) is 0.625. The van der Waals surface area contributed by atoms with Crippen LogP contribution in [0.5, 0.6) is 0 Å². The first-order valence-corrected chi connectivity index (χ1v) is 8.71. The second-order valence-corrected chi connectivity index (χ2v) is 6.44. The van der Waals surface area contributed by atoms with Crippen molar-refractivity contribution in [2.45, 2.75) is 64.9 Å². The van der Waals surface area contributed by atoms with Crippen LogP contribution in [0.2, 0.25) is 0 Å². The van der Waals surface area contributed by atoms with E-state index in [1.165, 1.54) is 41.8 Å². The Morgan fingerprint density at radius 3 is 1.84 bits per heavy atom. The van der Waals surface area contributed by atoms with Gasteiger partial charge < -0.3 is 15.6 Å². The second-order valence-electron chi connectivity index (χ2n) is 6.44. The van der Waals surface area contributed by atoms with E-state index in [4.69, 9.17) is 14.2 Å². The van der Waals surface area contributed by atoms with Crippen LogP contribution in [-0.2, 0) is 4.65 Å². The van der Waals surface area contributed by atoms with Gasteiger partial charge in [-0.15, -0.1) is 19.9 Å². The third-order valence-electron chi connectivity index (χ3n) is 4.12. The predicted octanol–water partition coefficient (Wildman–Crippen LogP) is -0.515. The first kappa shape index (κ1) is 21.0. The molecule has 2 aromatic rings. The second kappa shape index (κ2) is 10.7. The molecule has 0 atom stereocenters. The smallest absolute Gasteiger partial charge is 1.00 e. The summed E-state index contributed by atoms with van der Waals surface area (Å²) in [4.78, 5) is 2.75. The molecule has 0 aliphatic heterocycles.